The van der Waals surface area contributed by atoms with E-state index in [9.17, 15) is 4.79 Å². The summed E-state index contributed by atoms with van der Waals surface area (Å²) in [4.78, 5) is 12.2. The first-order valence-electron chi connectivity index (χ1n) is 8.55. The van der Waals surface area contributed by atoms with Crippen molar-refractivity contribution in [2.75, 3.05) is 6.61 Å². The summed E-state index contributed by atoms with van der Waals surface area (Å²) in [5.74, 6) is 0.256. The van der Waals surface area contributed by atoms with Crippen LogP contribution < -0.4 is 10.1 Å². The molecular formula is C22H19Cl2NO2. The molecule has 0 spiro atoms. The summed E-state index contributed by atoms with van der Waals surface area (Å²) < 4.78 is 5.58. The van der Waals surface area contributed by atoms with Gasteiger partial charge in [-0.1, -0.05) is 71.7 Å². The van der Waals surface area contributed by atoms with Crippen molar-refractivity contribution in [2.45, 2.75) is 13.0 Å². The van der Waals surface area contributed by atoms with E-state index in [4.69, 9.17) is 27.9 Å². The molecule has 27 heavy (non-hydrogen) atoms. The van der Waals surface area contributed by atoms with Gasteiger partial charge < -0.3 is 10.1 Å². The quantitative estimate of drug-likeness (QED) is 0.558. The number of hydrogen-bond donors (Lipinski definition) is 1. The summed E-state index contributed by atoms with van der Waals surface area (Å²) in [6.45, 7) is 1.80. The molecule has 0 saturated heterocycles. The minimum Gasteiger partial charge on any atom is -0.482 e. The summed E-state index contributed by atoms with van der Waals surface area (Å²) in [7, 11) is 0. The van der Waals surface area contributed by atoms with E-state index in [0.29, 0.717) is 15.8 Å². The van der Waals surface area contributed by atoms with E-state index in [2.05, 4.69) is 5.32 Å². The maximum atomic E-state index is 12.2. The SMILES string of the molecule is C[C@@H](NC(=O)COc1ccc(-c2ccccc2)cc1Cl)c1ccc(Cl)cc1. The highest BCUT2D eigenvalue weighted by atomic mass is 35.5. The number of nitrogens with one attached hydrogen (secondary N) is 1. The average Bonchev–Trinajstić information content (AvgIpc) is 2.68. The first-order valence-corrected chi connectivity index (χ1v) is 9.31. The van der Waals surface area contributed by atoms with Crippen molar-refractivity contribution in [3.63, 3.8) is 0 Å². The molecule has 138 valence electrons. The van der Waals surface area contributed by atoms with E-state index < -0.39 is 0 Å². The van der Waals surface area contributed by atoms with E-state index in [1.165, 1.54) is 0 Å². The summed E-state index contributed by atoms with van der Waals surface area (Å²) in [5.41, 5.74) is 3.03. The number of halogens is 2. The van der Waals surface area contributed by atoms with Crippen LogP contribution in [0.5, 0.6) is 5.75 Å². The zero-order valence-corrected chi connectivity index (χ0v) is 16.3. The maximum absolute atomic E-state index is 12.2. The van der Waals surface area contributed by atoms with Gasteiger partial charge in [-0.05, 0) is 47.9 Å². The number of amides is 1. The Balaban J connectivity index is 1.58. The monoisotopic (exact) mass is 399 g/mol. The number of hydrogen-bond acceptors (Lipinski definition) is 2. The first kappa shape index (κ1) is 19.3. The molecule has 0 unspecified atom stereocenters. The molecule has 0 aromatic heterocycles. The van der Waals surface area contributed by atoms with Crippen LogP contribution >= 0.6 is 23.2 Å². The molecule has 5 heteroatoms. The third-order valence-corrected chi connectivity index (χ3v) is 4.69. The van der Waals surface area contributed by atoms with Crippen LogP contribution in [0.15, 0.2) is 72.8 Å². The molecular weight excluding hydrogens is 381 g/mol. The van der Waals surface area contributed by atoms with E-state index in [1.807, 2.05) is 61.5 Å². The van der Waals surface area contributed by atoms with Gasteiger partial charge in [0.25, 0.3) is 5.91 Å². The molecule has 3 nitrogen and oxygen atoms in total. The minimum absolute atomic E-state index is 0.109. The van der Waals surface area contributed by atoms with Crippen LogP contribution in [0.2, 0.25) is 10.0 Å². The molecule has 0 aliphatic carbocycles. The molecule has 1 N–H and O–H groups in total. The van der Waals surface area contributed by atoms with Crippen molar-refractivity contribution >= 4 is 29.1 Å². The molecule has 0 aliphatic rings. The van der Waals surface area contributed by atoms with Gasteiger partial charge in [-0.15, -0.1) is 0 Å². The van der Waals surface area contributed by atoms with Crippen molar-refractivity contribution in [3.05, 3.63) is 88.4 Å². The lowest BCUT2D eigenvalue weighted by Crippen LogP contribution is -2.31. The number of carbonyl (C=O) groups excluding carboxylic acids is 1. The van der Waals surface area contributed by atoms with Gasteiger partial charge >= 0.3 is 0 Å². The van der Waals surface area contributed by atoms with Crippen LogP contribution in [0.25, 0.3) is 11.1 Å². The van der Waals surface area contributed by atoms with Crippen molar-refractivity contribution in [1.29, 1.82) is 0 Å². The Kier molecular flexibility index (Phi) is 6.38. The van der Waals surface area contributed by atoms with Gasteiger partial charge in [0.15, 0.2) is 6.61 Å². The van der Waals surface area contributed by atoms with Gasteiger partial charge in [0, 0.05) is 5.02 Å². The second-order valence-electron chi connectivity index (χ2n) is 6.14. The highest BCUT2D eigenvalue weighted by Crippen LogP contribution is 2.30. The smallest absolute Gasteiger partial charge is 0.258 e. The average molecular weight is 400 g/mol. The van der Waals surface area contributed by atoms with Crippen LogP contribution in [0.1, 0.15) is 18.5 Å². The zero-order chi connectivity index (χ0) is 19.2. The fourth-order valence-corrected chi connectivity index (χ4v) is 3.05. The maximum Gasteiger partial charge on any atom is 0.258 e. The molecule has 3 aromatic carbocycles. The predicted octanol–water partition coefficient (Wildman–Crippen LogP) is 5.92. The van der Waals surface area contributed by atoms with Gasteiger partial charge in [0.1, 0.15) is 5.75 Å². The lowest BCUT2D eigenvalue weighted by molar-refractivity contribution is -0.123. The number of rotatable bonds is 6. The first-order chi connectivity index (χ1) is 13.0. The van der Waals surface area contributed by atoms with Gasteiger partial charge in [-0.25, -0.2) is 0 Å². The minimum atomic E-state index is -0.222. The van der Waals surface area contributed by atoms with Crippen molar-refractivity contribution in [1.82, 2.24) is 5.32 Å². The highest BCUT2D eigenvalue weighted by molar-refractivity contribution is 6.32. The van der Waals surface area contributed by atoms with Gasteiger partial charge in [0.05, 0.1) is 11.1 Å². The third kappa shape index (κ3) is 5.25. The fourth-order valence-electron chi connectivity index (χ4n) is 2.69. The van der Waals surface area contributed by atoms with Gasteiger partial charge in [-0.2, -0.15) is 0 Å². The normalized spacial score (nSPS) is 11.7. The van der Waals surface area contributed by atoms with Gasteiger partial charge in [-0.3, -0.25) is 4.79 Å². The highest BCUT2D eigenvalue weighted by Gasteiger charge is 2.11. The summed E-state index contributed by atoms with van der Waals surface area (Å²) in [6.07, 6.45) is 0. The van der Waals surface area contributed by atoms with E-state index in [-0.39, 0.29) is 18.6 Å². The Hall–Kier alpha value is -2.49. The number of ether oxygens (including phenoxy) is 1. The summed E-state index contributed by atoms with van der Waals surface area (Å²) in [5, 5.41) is 4.02. The molecule has 0 heterocycles. The molecule has 0 radical (unpaired) electrons. The Morgan fingerprint density at radius 2 is 1.67 bits per heavy atom. The number of carbonyl (C=O) groups is 1. The number of benzene rings is 3. The Bertz CT molecular complexity index is 911. The Morgan fingerprint density at radius 3 is 2.33 bits per heavy atom. The molecule has 1 amide bonds. The van der Waals surface area contributed by atoms with E-state index in [1.54, 1.807) is 18.2 Å². The Labute approximate surface area is 168 Å². The predicted molar refractivity (Wildman–Crippen MR) is 110 cm³/mol. The second kappa shape index (κ2) is 8.94. The lowest BCUT2D eigenvalue weighted by Gasteiger charge is -2.15. The Morgan fingerprint density at radius 1 is 0.963 bits per heavy atom. The van der Waals surface area contributed by atoms with Crippen LogP contribution in [-0.4, -0.2) is 12.5 Å². The standard InChI is InChI=1S/C22H19Cl2NO2/c1-15(16-7-10-19(23)11-8-16)25-22(26)14-27-21-12-9-18(13-20(21)24)17-5-3-2-4-6-17/h2-13,15H,14H2,1H3,(H,25,26)/t15-/m1/s1. The molecule has 0 fully saturated rings. The summed E-state index contributed by atoms with van der Waals surface area (Å²) >= 11 is 12.2. The summed E-state index contributed by atoms with van der Waals surface area (Å²) in [6, 6.07) is 22.7. The van der Waals surface area contributed by atoms with Crippen molar-refractivity contribution < 1.29 is 9.53 Å². The fraction of sp³-hybridized carbons (Fsp3) is 0.136. The molecule has 0 saturated carbocycles. The lowest BCUT2D eigenvalue weighted by atomic mass is 10.1. The molecule has 3 aromatic rings. The van der Waals surface area contributed by atoms with E-state index >= 15 is 0 Å². The van der Waals surface area contributed by atoms with Crippen molar-refractivity contribution in [3.8, 4) is 16.9 Å². The second-order valence-corrected chi connectivity index (χ2v) is 6.98. The zero-order valence-electron chi connectivity index (χ0n) is 14.8. The van der Waals surface area contributed by atoms with Crippen LogP contribution in [0.3, 0.4) is 0 Å². The largest absolute Gasteiger partial charge is 0.482 e. The molecule has 0 bridgehead atoms. The van der Waals surface area contributed by atoms with Crippen LogP contribution in [0.4, 0.5) is 0 Å². The topological polar surface area (TPSA) is 38.3 Å². The molecule has 0 aliphatic heterocycles. The molecule has 1 atom stereocenters. The van der Waals surface area contributed by atoms with E-state index in [0.717, 1.165) is 16.7 Å². The van der Waals surface area contributed by atoms with Crippen LogP contribution in [-0.2, 0) is 4.79 Å². The third-order valence-electron chi connectivity index (χ3n) is 4.15. The van der Waals surface area contributed by atoms with Crippen molar-refractivity contribution in [2.24, 2.45) is 0 Å². The van der Waals surface area contributed by atoms with Gasteiger partial charge in [0.2, 0.25) is 0 Å². The molecule has 3 rings (SSSR count). The van der Waals surface area contributed by atoms with Crippen LogP contribution in [0, 0.1) is 0 Å².